The van der Waals surface area contributed by atoms with E-state index in [0.29, 0.717) is 18.7 Å². The fourth-order valence-electron chi connectivity index (χ4n) is 3.60. The van der Waals surface area contributed by atoms with Crippen molar-refractivity contribution < 1.29 is 14.0 Å². The van der Waals surface area contributed by atoms with E-state index in [1.807, 2.05) is 24.3 Å². The van der Waals surface area contributed by atoms with E-state index in [9.17, 15) is 0 Å². The van der Waals surface area contributed by atoms with Gasteiger partial charge < -0.3 is 14.0 Å². The molecule has 0 saturated heterocycles. The van der Waals surface area contributed by atoms with Crippen molar-refractivity contribution in [2.24, 2.45) is 0 Å². The Morgan fingerprint density at radius 1 is 1.10 bits per heavy atom. The second kappa shape index (κ2) is 9.29. The molecule has 4 rings (SSSR count). The Kier molecular flexibility index (Phi) is 6.11. The number of aromatic nitrogens is 2. The summed E-state index contributed by atoms with van der Waals surface area (Å²) in [4.78, 5) is 4.02. The second-order valence-electron chi connectivity index (χ2n) is 7.08. The zero-order chi connectivity index (χ0) is 19.9. The molecular weight excluding hydrogens is 364 g/mol. The Labute approximate surface area is 171 Å². The van der Waals surface area contributed by atoms with Gasteiger partial charge in [0.05, 0.1) is 13.2 Å². The van der Waals surface area contributed by atoms with Crippen LogP contribution in [0.3, 0.4) is 0 Å². The van der Waals surface area contributed by atoms with Gasteiger partial charge in [0.25, 0.3) is 0 Å². The van der Waals surface area contributed by atoms with Crippen molar-refractivity contribution in [3.05, 3.63) is 60.2 Å². The first kappa shape index (κ1) is 19.1. The van der Waals surface area contributed by atoms with Crippen LogP contribution in [0.2, 0.25) is 0 Å². The van der Waals surface area contributed by atoms with Crippen LogP contribution >= 0.6 is 0 Å². The van der Waals surface area contributed by atoms with Crippen LogP contribution in [0.15, 0.2) is 53.4 Å². The third-order valence-corrected chi connectivity index (χ3v) is 5.10. The average molecular weight is 388 g/mol. The quantitative estimate of drug-likeness (QED) is 0.553. The highest BCUT2D eigenvalue weighted by molar-refractivity contribution is 5.73. The van der Waals surface area contributed by atoms with Crippen molar-refractivity contribution in [3.8, 4) is 34.5 Å². The van der Waals surface area contributed by atoms with Crippen molar-refractivity contribution in [2.45, 2.75) is 44.6 Å². The van der Waals surface area contributed by atoms with E-state index in [1.165, 1.54) is 19.2 Å². The zero-order valence-electron chi connectivity index (χ0n) is 16.6. The molecule has 0 N–H and O–H groups in total. The second-order valence-corrected chi connectivity index (χ2v) is 7.08. The largest absolute Gasteiger partial charge is 0.493 e. The summed E-state index contributed by atoms with van der Waals surface area (Å²) in [5.41, 5.74) is 3.14. The van der Waals surface area contributed by atoms with Crippen molar-refractivity contribution >= 4 is 0 Å². The number of hydrogen-bond donors (Lipinski definition) is 0. The van der Waals surface area contributed by atoms with Gasteiger partial charge in [-0.3, -0.25) is 0 Å². The van der Waals surface area contributed by atoms with Crippen LogP contribution in [0.25, 0.3) is 11.1 Å². The highest BCUT2D eigenvalue weighted by atomic mass is 16.5. The normalized spacial score (nSPS) is 13.7. The Hall–Kier alpha value is -3.26. The van der Waals surface area contributed by atoms with Gasteiger partial charge >= 0.3 is 0 Å². The summed E-state index contributed by atoms with van der Waals surface area (Å²) in [6, 6.07) is 14.3. The van der Waals surface area contributed by atoms with E-state index >= 15 is 0 Å². The molecule has 5 heteroatoms. The van der Waals surface area contributed by atoms with Crippen LogP contribution in [-0.4, -0.2) is 23.4 Å². The number of benzene rings is 2. The molecular formula is C24H24N2O3. The Bertz CT molecular complexity index is 996. The van der Waals surface area contributed by atoms with E-state index in [1.54, 1.807) is 7.11 Å². The maximum Gasteiger partial charge on any atom is 0.213 e. The molecule has 148 valence electrons. The predicted molar refractivity (Wildman–Crippen MR) is 111 cm³/mol. The minimum Gasteiger partial charge on any atom is -0.493 e. The van der Waals surface area contributed by atoms with E-state index in [2.05, 4.69) is 40.2 Å². The molecule has 0 spiro atoms. The lowest BCUT2D eigenvalue weighted by Crippen LogP contribution is -2.11. The predicted octanol–water partition coefficient (Wildman–Crippen LogP) is 5.05. The molecule has 29 heavy (non-hydrogen) atoms. The molecule has 1 aromatic heterocycles. The molecule has 0 atom stereocenters. The van der Waals surface area contributed by atoms with Gasteiger partial charge in [-0.1, -0.05) is 41.3 Å². The maximum absolute atomic E-state index is 6.26. The molecule has 3 aromatic rings. The Morgan fingerprint density at radius 3 is 2.76 bits per heavy atom. The van der Waals surface area contributed by atoms with E-state index in [0.717, 1.165) is 41.0 Å². The summed E-state index contributed by atoms with van der Waals surface area (Å²) in [6.07, 6.45) is 7.64. The highest BCUT2D eigenvalue weighted by Gasteiger charge is 2.19. The van der Waals surface area contributed by atoms with E-state index in [-0.39, 0.29) is 6.10 Å². The summed E-state index contributed by atoms with van der Waals surface area (Å²) in [6.45, 7) is 0. The standard InChI is InChI=1S/C24H24N2O3/c1-27-22-15-14-19(16-23(22)29-20-10-4-5-11-20)21-12-6-2-8-18(21)9-3-7-13-24-25-17-28-26-24/h2,6,8,12,14-17,20H,4-5,7,10-11,13H2,1H3. The average Bonchev–Trinajstić information content (AvgIpc) is 3.46. The molecule has 0 unspecified atom stereocenters. The van der Waals surface area contributed by atoms with Crippen LogP contribution < -0.4 is 9.47 Å². The number of aryl methyl sites for hydroxylation is 1. The molecule has 2 aromatic carbocycles. The number of ether oxygens (including phenoxy) is 2. The summed E-state index contributed by atoms with van der Waals surface area (Å²) < 4.78 is 16.5. The lowest BCUT2D eigenvalue weighted by molar-refractivity contribution is 0.201. The lowest BCUT2D eigenvalue weighted by atomic mass is 9.99. The molecule has 0 radical (unpaired) electrons. The number of rotatable bonds is 6. The monoisotopic (exact) mass is 388 g/mol. The number of hydrogen-bond acceptors (Lipinski definition) is 5. The summed E-state index contributed by atoms with van der Waals surface area (Å²) in [5, 5.41) is 3.81. The topological polar surface area (TPSA) is 57.4 Å². The van der Waals surface area contributed by atoms with Gasteiger partial charge in [-0.05, 0) is 55.0 Å². The Morgan fingerprint density at radius 2 is 1.97 bits per heavy atom. The van der Waals surface area contributed by atoms with Crippen LogP contribution in [0.1, 0.15) is 43.5 Å². The summed E-state index contributed by atoms with van der Waals surface area (Å²) in [7, 11) is 1.68. The fraction of sp³-hybridized carbons (Fsp3) is 0.333. The number of methoxy groups -OCH3 is 1. The first-order chi connectivity index (χ1) is 14.3. The fourth-order valence-corrected chi connectivity index (χ4v) is 3.60. The van der Waals surface area contributed by atoms with Gasteiger partial charge in [0.2, 0.25) is 6.39 Å². The molecule has 0 aliphatic heterocycles. The molecule has 1 fully saturated rings. The smallest absolute Gasteiger partial charge is 0.213 e. The molecule has 0 amide bonds. The minimum atomic E-state index is 0.277. The van der Waals surface area contributed by atoms with Crippen molar-refractivity contribution in [1.29, 1.82) is 0 Å². The molecule has 1 saturated carbocycles. The van der Waals surface area contributed by atoms with Gasteiger partial charge in [-0.25, -0.2) is 0 Å². The van der Waals surface area contributed by atoms with E-state index < -0.39 is 0 Å². The van der Waals surface area contributed by atoms with Gasteiger partial charge in [0, 0.05) is 18.4 Å². The minimum absolute atomic E-state index is 0.277. The van der Waals surface area contributed by atoms with E-state index in [4.69, 9.17) is 14.0 Å². The van der Waals surface area contributed by atoms with Gasteiger partial charge in [0.15, 0.2) is 17.3 Å². The molecule has 1 heterocycles. The molecule has 1 aliphatic rings. The third kappa shape index (κ3) is 4.78. The highest BCUT2D eigenvalue weighted by Crippen LogP contribution is 2.36. The van der Waals surface area contributed by atoms with Crippen LogP contribution in [0.4, 0.5) is 0 Å². The van der Waals surface area contributed by atoms with Crippen LogP contribution in [-0.2, 0) is 6.42 Å². The van der Waals surface area contributed by atoms with Crippen LogP contribution in [0, 0.1) is 11.8 Å². The van der Waals surface area contributed by atoms with Crippen molar-refractivity contribution in [2.75, 3.05) is 7.11 Å². The summed E-state index contributed by atoms with van der Waals surface area (Å²) in [5.74, 6) is 8.75. The first-order valence-corrected chi connectivity index (χ1v) is 10.0. The molecule has 5 nitrogen and oxygen atoms in total. The van der Waals surface area contributed by atoms with Crippen LogP contribution in [0.5, 0.6) is 11.5 Å². The SMILES string of the molecule is COc1ccc(-c2ccccc2C#CCCc2ncon2)cc1OC1CCCC1. The van der Waals surface area contributed by atoms with Crippen molar-refractivity contribution in [1.82, 2.24) is 10.1 Å². The maximum atomic E-state index is 6.26. The Balaban J connectivity index is 1.56. The van der Waals surface area contributed by atoms with Crippen molar-refractivity contribution in [3.63, 3.8) is 0 Å². The molecule has 1 aliphatic carbocycles. The third-order valence-electron chi connectivity index (χ3n) is 5.10. The van der Waals surface area contributed by atoms with Gasteiger partial charge in [-0.15, -0.1) is 0 Å². The zero-order valence-corrected chi connectivity index (χ0v) is 16.6. The van der Waals surface area contributed by atoms with Gasteiger partial charge in [-0.2, -0.15) is 4.98 Å². The first-order valence-electron chi connectivity index (χ1n) is 10.0. The van der Waals surface area contributed by atoms with Gasteiger partial charge in [0.1, 0.15) is 0 Å². The lowest BCUT2D eigenvalue weighted by Gasteiger charge is -2.17. The number of nitrogens with zero attached hydrogens (tertiary/aromatic N) is 2. The summed E-state index contributed by atoms with van der Waals surface area (Å²) >= 11 is 0. The molecule has 0 bridgehead atoms.